The third kappa shape index (κ3) is 4.90. The molecule has 0 aliphatic carbocycles. The average Bonchev–Trinajstić information content (AvgIpc) is 2.47. The van der Waals surface area contributed by atoms with E-state index in [0.717, 1.165) is 35.1 Å². The van der Waals surface area contributed by atoms with Crippen molar-refractivity contribution < 1.29 is 0 Å². The minimum absolute atomic E-state index is 0.584. The van der Waals surface area contributed by atoms with E-state index in [1.165, 1.54) is 12.8 Å². The first-order valence-corrected chi connectivity index (χ1v) is 7.67. The van der Waals surface area contributed by atoms with Gasteiger partial charge in [-0.2, -0.15) is 4.98 Å². The second-order valence-electron chi connectivity index (χ2n) is 4.98. The molecule has 0 atom stereocenters. The van der Waals surface area contributed by atoms with E-state index in [4.69, 9.17) is 11.6 Å². The van der Waals surface area contributed by atoms with Crippen LogP contribution in [0.25, 0.3) is 0 Å². The van der Waals surface area contributed by atoms with Crippen LogP contribution in [0.4, 0.5) is 17.5 Å². The maximum absolute atomic E-state index is 5.96. The normalized spacial score (nSPS) is 10.4. The van der Waals surface area contributed by atoms with E-state index >= 15 is 0 Å². The van der Waals surface area contributed by atoms with Crippen molar-refractivity contribution in [3.8, 4) is 0 Å². The Labute approximate surface area is 131 Å². The topological polar surface area (TPSA) is 49.8 Å². The number of aryl methyl sites for hydroxylation is 1. The fraction of sp³-hybridized carbons (Fsp3) is 0.375. The van der Waals surface area contributed by atoms with E-state index in [9.17, 15) is 0 Å². The molecule has 0 bridgehead atoms. The van der Waals surface area contributed by atoms with Crippen LogP contribution in [-0.4, -0.2) is 16.5 Å². The molecular formula is C16H21ClN4. The average molecular weight is 305 g/mol. The summed E-state index contributed by atoms with van der Waals surface area (Å²) in [4.78, 5) is 8.71. The van der Waals surface area contributed by atoms with Crippen LogP contribution in [0.3, 0.4) is 0 Å². The van der Waals surface area contributed by atoms with Crippen molar-refractivity contribution in [2.24, 2.45) is 0 Å². The van der Waals surface area contributed by atoms with Crippen LogP contribution in [-0.2, 0) is 0 Å². The number of nitrogens with one attached hydrogen (secondary N) is 2. The molecule has 2 rings (SSSR count). The molecule has 2 aromatic rings. The van der Waals surface area contributed by atoms with Gasteiger partial charge in [-0.1, -0.05) is 31.4 Å². The minimum Gasteiger partial charge on any atom is -0.370 e. The van der Waals surface area contributed by atoms with Crippen LogP contribution in [0.5, 0.6) is 0 Å². The summed E-state index contributed by atoms with van der Waals surface area (Å²) in [6, 6.07) is 7.58. The summed E-state index contributed by atoms with van der Waals surface area (Å²) < 4.78 is 0. The SMILES string of the molecule is CCCCCNc1ccnc(Nc2ccc(Cl)cc2C)n1. The van der Waals surface area contributed by atoms with Crippen LogP contribution in [0, 0.1) is 6.92 Å². The molecular weight excluding hydrogens is 284 g/mol. The van der Waals surface area contributed by atoms with Gasteiger partial charge in [-0.05, 0) is 43.2 Å². The number of anilines is 3. The molecule has 0 saturated carbocycles. The smallest absolute Gasteiger partial charge is 0.229 e. The Bertz CT molecular complexity index is 586. The Hall–Kier alpha value is -1.81. The van der Waals surface area contributed by atoms with Gasteiger partial charge in [0.25, 0.3) is 0 Å². The van der Waals surface area contributed by atoms with Crippen LogP contribution < -0.4 is 10.6 Å². The maximum Gasteiger partial charge on any atom is 0.229 e. The highest BCUT2D eigenvalue weighted by atomic mass is 35.5. The summed E-state index contributed by atoms with van der Waals surface area (Å²) in [7, 11) is 0. The Balaban J connectivity index is 2.00. The third-order valence-electron chi connectivity index (χ3n) is 3.18. The molecule has 0 aliphatic heterocycles. The Morgan fingerprint density at radius 3 is 2.81 bits per heavy atom. The molecule has 21 heavy (non-hydrogen) atoms. The van der Waals surface area contributed by atoms with Crippen LogP contribution in [0.15, 0.2) is 30.5 Å². The van der Waals surface area contributed by atoms with E-state index < -0.39 is 0 Å². The van der Waals surface area contributed by atoms with E-state index in [2.05, 4.69) is 27.5 Å². The molecule has 1 heterocycles. The number of halogens is 1. The minimum atomic E-state index is 0.584. The zero-order valence-electron chi connectivity index (χ0n) is 12.5. The van der Waals surface area contributed by atoms with Gasteiger partial charge >= 0.3 is 0 Å². The fourth-order valence-electron chi connectivity index (χ4n) is 2.00. The second kappa shape index (κ2) is 7.84. The highest BCUT2D eigenvalue weighted by Gasteiger charge is 2.03. The quantitative estimate of drug-likeness (QED) is 0.722. The Morgan fingerprint density at radius 2 is 2.05 bits per heavy atom. The zero-order valence-corrected chi connectivity index (χ0v) is 13.2. The number of aromatic nitrogens is 2. The van der Waals surface area contributed by atoms with Gasteiger partial charge in [0.1, 0.15) is 5.82 Å². The summed E-state index contributed by atoms with van der Waals surface area (Å²) in [6.07, 6.45) is 5.35. The monoisotopic (exact) mass is 304 g/mol. The summed E-state index contributed by atoms with van der Waals surface area (Å²) in [6.45, 7) is 5.13. The van der Waals surface area contributed by atoms with Gasteiger partial charge in [-0.15, -0.1) is 0 Å². The largest absolute Gasteiger partial charge is 0.370 e. The van der Waals surface area contributed by atoms with Crippen LogP contribution in [0.1, 0.15) is 31.7 Å². The fourth-order valence-corrected chi connectivity index (χ4v) is 2.22. The van der Waals surface area contributed by atoms with Crippen LogP contribution in [0.2, 0.25) is 5.02 Å². The van der Waals surface area contributed by atoms with Crippen LogP contribution >= 0.6 is 11.6 Å². The first-order valence-electron chi connectivity index (χ1n) is 7.29. The predicted molar refractivity (Wildman–Crippen MR) is 89.5 cm³/mol. The highest BCUT2D eigenvalue weighted by Crippen LogP contribution is 2.22. The molecule has 2 N–H and O–H groups in total. The van der Waals surface area contributed by atoms with Crippen molar-refractivity contribution in [2.45, 2.75) is 33.1 Å². The predicted octanol–water partition coefficient (Wildman–Crippen LogP) is 4.78. The van der Waals surface area contributed by atoms with Gasteiger partial charge in [0.05, 0.1) is 0 Å². The van der Waals surface area contributed by atoms with E-state index in [-0.39, 0.29) is 0 Å². The zero-order chi connectivity index (χ0) is 15.1. The number of nitrogens with zero attached hydrogens (tertiary/aromatic N) is 2. The van der Waals surface area contributed by atoms with Gasteiger partial charge in [-0.25, -0.2) is 4.98 Å². The van der Waals surface area contributed by atoms with E-state index in [1.54, 1.807) is 6.20 Å². The third-order valence-corrected chi connectivity index (χ3v) is 3.41. The molecule has 0 fully saturated rings. The summed E-state index contributed by atoms with van der Waals surface area (Å²) in [5.74, 6) is 1.43. The molecule has 5 heteroatoms. The van der Waals surface area contributed by atoms with Gasteiger partial charge in [0.15, 0.2) is 0 Å². The lowest BCUT2D eigenvalue weighted by atomic mass is 10.2. The highest BCUT2D eigenvalue weighted by molar-refractivity contribution is 6.30. The molecule has 0 amide bonds. The lowest BCUT2D eigenvalue weighted by Crippen LogP contribution is -2.05. The molecule has 4 nitrogen and oxygen atoms in total. The maximum atomic E-state index is 5.96. The van der Waals surface area contributed by atoms with Gasteiger partial charge in [-0.3, -0.25) is 0 Å². The number of hydrogen-bond donors (Lipinski definition) is 2. The molecule has 0 radical (unpaired) electrons. The Morgan fingerprint density at radius 1 is 1.19 bits per heavy atom. The summed E-state index contributed by atoms with van der Waals surface area (Å²) in [5, 5.41) is 7.26. The Kier molecular flexibility index (Phi) is 5.81. The first kappa shape index (κ1) is 15.6. The van der Waals surface area contributed by atoms with Gasteiger partial charge < -0.3 is 10.6 Å². The molecule has 0 saturated heterocycles. The summed E-state index contributed by atoms with van der Waals surface area (Å²) in [5.41, 5.74) is 2.02. The van der Waals surface area contributed by atoms with Crippen molar-refractivity contribution in [1.82, 2.24) is 9.97 Å². The van der Waals surface area contributed by atoms with E-state index in [0.29, 0.717) is 5.95 Å². The molecule has 0 aliphatic rings. The van der Waals surface area contributed by atoms with E-state index in [1.807, 2.05) is 31.2 Å². The molecule has 0 spiro atoms. The van der Waals surface area contributed by atoms with Gasteiger partial charge in [0, 0.05) is 23.5 Å². The second-order valence-corrected chi connectivity index (χ2v) is 5.42. The lowest BCUT2D eigenvalue weighted by Gasteiger charge is -2.10. The molecule has 0 unspecified atom stereocenters. The molecule has 112 valence electrons. The first-order chi connectivity index (χ1) is 10.2. The molecule has 1 aromatic carbocycles. The van der Waals surface area contributed by atoms with Crippen molar-refractivity contribution in [3.63, 3.8) is 0 Å². The van der Waals surface area contributed by atoms with Crippen molar-refractivity contribution in [1.29, 1.82) is 0 Å². The number of rotatable bonds is 7. The molecule has 1 aromatic heterocycles. The number of benzene rings is 1. The standard InChI is InChI=1S/C16H21ClN4/c1-3-4-5-9-18-15-8-10-19-16(21-15)20-14-7-6-13(17)11-12(14)2/h6-8,10-11H,3-5,9H2,1-2H3,(H2,18,19,20,21). The van der Waals surface area contributed by atoms with Crippen molar-refractivity contribution in [3.05, 3.63) is 41.0 Å². The number of unbranched alkanes of at least 4 members (excludes halogenated alkanes) is 2. The number of hydrogen-bond acceptors (Lipinski definition) is 4. The van der Waals surface area contributed by atoms with Crippen molar-refractivity contribution in [2.75, 3.05) is 17.2 Å². The van der Waals surface area contributed by atoms with Gasteiger partial charge in [0.2, 0.25) is 5.95 Å². The lowest BCUT2D eigenvalue weighted by molar-refractivity contribution is 0.742. The van der Waals surface area contributed by atoms with Crippen molar-refractivity contribution >= 4 is 29.1 Å². The summed E-state index contributed by atoms with van der Waals surface area (Å²) >= 11 is 5.96.